The highest BCUT2D eigenvalue weighted by atomic mass is 16.5. The van der Waals surface area contributed by atoms with Crippen LogP contribution in [0.1, 0.15) is 0 Å². The van der Waals surface area contributed by atoms with E-state index in [0.717, 1.165) is 5.82 Å². The lowest BCUT2D eigenvalue weighted by atomic mass is 9.99. The SMILES string of the molecule is COc1ccc(OC)c(NC(=O)C2CN(c3cc(-n4cncn4)ncn3)C2)c1. The highest BCUT2D eigenvalue weighted by Crippen LogP contribution is 2.30. The summed E-state index contributed by atoms with van der Waals surface area (Å²) < 4.78 is 12.1. The number of amides is 1. The van der Waals surface area contributed by atoms with Crippen LogP contribution in [0.15, 0.2) is 43.2 Å². The van der Waals surface area contributed by atoms with Crippen molar-refractivity contribution in [2.75, 3.05) is 37.5 Å². The Morgan fingerprint density at radius 2 is 1.93 bits per heavy atom. The smallest absolute Gasteiger partial charge is 0.231 e. The van der Waals surface area contributed by atoms with Crippen LogP contribution in [0.3, 0.4) is 0 Å². The molecule has 0 atom stereocenters. The topological polar surface area (TPSA) is 107 Å². The van der Waals surface area contributed by atoms with Crippen molar-refractivity contribution in [3.05, 3.63) is 43.2 Å². The summed E-state index contributed by atoms with van der Waals surface area (Å²) in [6.45, 7) is 1.12. The van der Waals surface area contributed by atoms with Crippen molar-refractivity contribution in [2.45, 2.75) is 0 Å². The van der Waals surface area contributed by atoms with Crippen molar-refractivity contribution >= 4 is 17.4 Å². The number of carbonyl (C=O) groups is 1. The van der Waals surface area contributed by atoms with Gasteiger partial charge in [0.25, 0.3) is 0 Å². The summed E-state index contributed by atoms with van der Waals surface area (Å²) in [5.74, 6) is 2.36. The lowest BCUT2D eigenvalue weighted by molar-refractivity contribution is -0.120. The minimum Gasteiger partial charge on any atom is -0.497 e. The molecule has 1 N–H and O–H groups in total. The van der Waals surface area contributed by atoms with E-state index in [2.05, 4.69) is 25.4 Å². The van der Waals surface area contributed by atoms with Gasteiger partial charge in [-0.25, -0.2) is 19.6 Å². The second-order valence-corrected chi connectivity index (χ2v) is 6.23. The zero-order chi connectivity index (χ0) is 19.5. The number of hydrogen-bond donors (Lipinski definition) is 1. The van der Waals surface area contributed by atoms with Gasteiger partial charge in [-0.2, -0.15) is 5.10 Å². The third kappa shape index (κ3) is 3.43. The second kappa shape index (κ2) is 7.51. The van der Waals surface area contributed by atoms with Crippen LogP contribution in [-0.2, 0) is 4.79 Å². The molecule has 28 heavy (non-hydrogen) atoms. The van der Waals surface area contributed by atoms with E-state index in [0.29, 0.717) is 36.1 Å². The van der Waals surface area contributed by atoms with Crippen molar-refractivity contribution in [3.8, 4) is 17.3 Å². The molecule has 4 rings (SSSR count). The zero-order valence-corrected chi connectivity index (χ0v) is 15.4. The first kappa shape index (κ1) is 17.7. The zero-order valence-electron chi connectivity index (χ0n) is 15.4. The molecule has 2 aromatic heterocycles. The standard InChI is InChI=1S/C18H19N7O3/c1-27-13-3-4-15(28-2)14(5-13)23-18(26)12-7-24(8-12)16-6-17(21-10-20-16)25-11-19-9-22-25/h3-6,9-12H,7-8H2,1-2H3,(H,23,26). The van der Waals surface area contributed by atoms with Gasteiger partial charge >= 0.3 is 0 Å². The lowest BCUT2D eigenvalue weighted by Gasteiger charge is -2.39. The molecule has 0 unspecified atom stereocenters. The molecular weight excluding hydrogens is 362 g/mol. The predicted octanol–water partition coefficient (Wildman–Crippen LogP) is 1.15. The summed E-state index contributed by atoms with van der Waals surface area (Å²) in [7, 11) is 3.14. The van der Waals surface area contributed by atoms with E-state index in [1.54, 1.807) is 43.4 Å². The molecule has 1 aliphatic heterocycles. The monoisotopic (exact) mass is 381 g/mol. The summed E-state index contributed by atoms with van der Waals surface area (Å²) in [6.07, 6.45) is 4.49. The number of rotatable bonds is 6. The number of nitrogens with one attached hydrogen (secondary N) is 1. The van der Waals surface area contributed by atoms with Crippen molar-refractivity contribution in [1.82, 2.24) is 24.7 Å². The fourth-order valence-corrected chi connectivity index (χ4v) is 2.94. The Labute approximate surface area is 161 Å². The van der Waals surface area contributed by atoms with Crippen LogP contribution in [0.4, 0.5) is 11.5 Å². The van der Waals surface area contributed by atoms with Gasteiger partial charge < -0.3 is 19.7 Å². The number of anilines is 2. The Kier molecular flexibility index (Phi) is 4.75. The third-order valence-electron chi connectivity index (χ3n) is 4.53. The van der Waals surface area contributed by atoms with Crippen LogP contribution in [0.5, 0.6) is 11.5 Å². The van der Waals surface area contributed by atoms with E-state index in [1.165, 1.54) is 12.7 Å². The normalized spacial score (nSPS) is 13.7. The molecule has 144 valence electrons. The van der Waals surface area contributed by atoms with E-state index in [1.807, 2.05) is 11.0 Å². The quantitative estimate of drug-likeness (QED) is 0.678. The molecule has 3 heterocycles. The van der Waals surface area contributed by atoms with Crippen LogP contribution in [0, 0.1) is 5.92 Å². The maximum absolute atomic E-state index is 12.6. The molecule has 10 nitrogen and oxygen atoms in total. The van der Waals surface area contributed by atoms with Gasteiger partial charge in [0.2, 0.25) is 5.91 Å². The first-order valence-corrected chi connectivity index (χ1v) is 8.63. The average molecular weight is 381 g/mol. The number of methoxy groups -OCH3 is 2. The molecule has 3 aromatic rings. The Morgan fingerprint density at radius 1 is 1.11 bits per heavy atom. The Bertz CT molecular complexity index is 971. The largest absolute Gasteiger partial charge is 0.497 e. The average Bonchev–Trinajstić information content (AvgIpc) is 3.22. The van der Waals surface area contributed by atoms with E-state index in [-0.39, 0.29) is 11.8 Å². The first-order chi connectivity index (χ1) is 13.7. The van der Waals surface area contributed by atoms with Gasteiger partial charge in [-0.3, -0.25) is 4.79 Å². The summed E-state index contributed by atoms with van der Waals surface area (Å²) in [6, 6.07) is 7.09. The molecule has 1 saturated heterocycles. The van der Waals surface area contributed by atoms with Gasteiger partial charge in [0.05, 0.1) is 25.8 Å². The Balaban J connectivity index is 1.40. The second-order valence-electron chi connectivity index (χ2n) is 6.23. The minimum absolute atomic E-state index is 0.0756. The fourth-order valence-electron chi connectivity index (χ4n) is 2.94. The van der Waals surface area contributed by atoms with Gasteiger partial charge in [0.1, 0.15) is 36.3 Å². The highest BCUT2D eigenvalue weighted by Gasteiger charge is 2.34. The van der Waals surface area contributed by atoms with Crippen molar-refractivity contribution < 1.29 is 14.3 Å². The Morgan fingerprint density at radius 3 is 2.64 bits per heavy atom. The molecule has 10 heteroatoms. The van der Waals surface area contributed by atoms with Crippen LogP contribution < -0.4 is 19.7 Å². The lowest BCUT2D eigenvalue weighted by Crippen LogP contribution is -2.52. The minimum atomic E-state index is -0.152. The molecular formula is C18H19N7O3. The summed E-state index contributed by atoms with van der Waals surface area (Å²) in [5, 5.41) is 6.98. The van der Waals surface area contributed by atoms with E-state index in [4.69, 9.17) is 9.47 Å². The van der Waals surface area contributed by atoms with Crippen molar-refractivity contribution in [2.24, 2.45) is 5.92 Å². The summed E-state index contributed by atoms with van der Waals surface area (Å²) in [4.78, 5) is 27.0. The molecule has 1 aromatic carbocycles. The molecule has 0 saturated carbocycles. The van der Waals surface area contributed by atoms with Crippen molar-refractivity contribution in [3.63, 3.8) is 0 Å². The predicted molar refractivity (Wildman–Crippen MR) is 101 cm³/mol. The number of carbonyl (C=O) groups excluding carboxylic acids is 1. The summed E-state index contributed by atoms with van der Waals surface area (Å²) in [5.41, 5.74) is 0.584. The molecule has 0 aliphatic carbocycles. The number of aromatic nitrogens is 5. The molecule has 0 bridgehead atoms. The Hall–Kier alpha value is -3.69. The first-order valence-electron chi connectivity index (χ1n) is 8.63. The molecule has 0 spiro atoms. The molecule has 1 amide bonds. The van der Waals surface area contributed by atoms with Crippen LogP contribution in [0.2, 0.25) is 0 Å². The highest BCUT2D eigenvalue weighted by molar-refractivity contribution is 5.95. The van der Waals surface area contributed by atoms with Gasteiger partial charge in [-0.1, -0.05) is 0 Å². The summed E-state index contributed by atoms with van der Waals surface area (Å²) >= 11 is 0. The molecule has 1 fully saturated rings. The van der Waals surface area contributed by atoms with Gasteiger partial charge in [-0.15, -0.1) is 0 Å². The molecule has 0 radical (unpaired) electrons. The number of ether oxygens (including phenoxy) is 2. The third-order valence-corrected chi connectivity index (χ3v) is 4.53. The van der Waals surface area contributed by atoms with Crippen LogP contribution in [-0.4, -0.2) is 57.9 Å². The van der Waals surface area contributed by atoms with E-state index < -0.39 is 0 Å². The van der Waals surface area contributed by atoms with Crippen LogP contribution in [0.25, 0.3) is 5.82 Å². The fraction of sp³-hybridized carbons (Fsp3) is 0.278. The maximum Gasteiger partial charge on any atom is 0.231 e. The van der Waals surface area contributed by atoms with Gasteiger partial charge in [-0.05, 0) is 12.1 Å². The van der Waals surface area contributed by atoms with E-state index in [9.17, 15) is 4.79 Å². The maximum atomic E-state index is 12.6. The number of hydrogen-bond acceptors (Lipinski definition) is 8. The van der Waals surface area contributed by atoms with Gasteiger partial charge in [0.15, 0.2) is 5.82 Å². The number of nitrogens with zero attached hydrogens (tertiary/aromatic N) is 6. The van der Waals surface area contributed by atoms with Crippen molar-refractivity contribution in [1.29, 1.82) is 0 Å². The molecule has 1 aliphatic rings. The van der Waals surface area contributed by atoms with Gasteiger partial charge in [0, 0.05) is 25.2 Å². The number of benzene rings is 1. The van der Waals surface area contributed by atoms with E-state index >= 15 is 0 Å². The van der Waals surface area contributed by atoms with Crippen LogP contribution >= 0.6 is 0 Å².